The summed E-state index contributed by atoms with van der Waals surface area (Å²) in [5.41, 5.74) is 0.819. The van der Waals surface area contributed by atoms with Crippen molar-refractivity contribution in [2.24, 2.45) is 0 Å². The van der Waals surface area contributed by atoms with E-state index < -0.39 is 5.97 Å². The number of halogens is 1. The van der Waals surface area contributed by atoms with E-state index in [1.165, 1.54) is 6.07 Å². The average Bonchev–Trinajstić information content (AvgIpc) is 2.38. The lowest BCUT2D eigenvalue weighted by molar-refractivity contribution is 0.0690. The number of rotatable bonds is 4. The Kier molecular flexibility index (Phi) is 4.23. The van der Waals surface area contributed by atoms with E-state index in [4.69, 9.17) is 16.7 Å². The molecule has 3 nitrogen and oxygen atoms in total. The van der Waals surface area contributed by atoms with Crippen LogP contribution in [-0.2, 0) is 5.75 Å². The molecule has 0 saturated carbocycles. The summed E-state index contributed by atoms with van der Waals surface area (Å²) in [6.45, 7) is 0. The zero-order valence-corrected chi connectivity index (χ0v) is 10.9. The maximum Gasteiger partial charge on any atom is 0.354 e. The minimum absolute atomic E-state index is 0.0733. The van der Waals surface area contributed by atoms with Gasteiger partial charge >= 0.3 is 5.97 Å². The molecular formula is C13H10ClNO2S. The van der Waals surface area contributed by atoms with E-state index in [-0.39, 0.29) is 5.69 Å². The van der Waals surface area contributed by atoms with Gasteiger partial charge in [0.25, 0.3) is 0 Å². The quantitative estimate of drug-likeness (QED) is 0.867. The van der Waals surface area contributed by atoms with E-state index >= 15 is 0 Å². The minimum atomic E-state index is -1.01. The van der Waals surface area contributed by atoms with Crippen LogP contribution in [0.5, 0.6) is 0 Å². The number of benzene rings is 1. The third-order valence-corrected chi connectivity index (χ3v) is 3.52. The summed E-state index contributed by atoms with van der Waals surface area (Å²) in [4.78, 5) is 15.9. The van der Waals surface area contributed by atoms with Gasteiger partial charge in [-0.3, -0.25) is 0 Å². The highest BCUT2D eigenvalue weighted by Gasteiger charge is 2.05. The van der Waals surface area contributed by atoms with Gasteiger partial charge in [0.05, 0.1) is 5.69 Å². The molecule has 0 unspecified atom stereocenters. The Bertz CT molecular complexity index is 557. The van der Waals surface area contributed by atoms with E-state index in [2.05, 4.69) is 4.98 Å². The lowest BCUT2D eigenvalue weighted by atomic mass is 10.3. The van der Waals surface area contributed by atoms with Crippen molar-refractivity contribution in [3.63, 3.8) is 0 Å². The first-order valence-corrected chi connectivity index (χ1v) is 6.59. The van der Waals surface area contributed by atoms with Crippen LogP contribution in [0.1, 0.15) is 16.2 Å². The van der Waals surface area contributed by atoms with Gasteiger partial charge in [0.1, 0.15) is 5.69 Å². The zero-order valence-electron chi connectivity index (χ0n) is 9.34. The molecule has 0 bridgehead atoms. The van der Waals surface area contributed by atoms with Gasteiger partial charge < -0.3 is 5.11 Å². The first kappa shape index (κ1) is 12.9. The zero-order chi connectivity index (χ0) is 13.0. The predicted octanol–water partition coefficient (Wildman–Crippen LogP) is 3.73. The summed E-state index contributed by atoms with van der Waals surface area (Å²) in [6.07, 6.45) is 0. The Morgan fingerprint density at radius 3 is 2.61 bits per heavy atom. The molecule has 18 heavy (non-hydrogen) atoms. The summed E-state index contributed by atoms with van der Waals surface area (Å²) in [5, 5.41) is 9.54. The highest BCUT2D eigenvalue weighted by molar-refractivity contribution is 7.98. The highest BCUT2D eigenvalue weighted by Crippen LogP contribution is 2.23. The van der Waals surface area contributed by atoms with Gasteiger partial charge in [-0.15, -0.1) is 11.8 Å². The first-order chi connectivity index (χ1) is 8.65. The lowest BCUT2D eigenvalue weighted by Crippen LogP contribution is -2.01. The van der Waals surface area contributed by atoms with Gasteiger partial charge in [-0.25, -0.2) is 9.78 Å². The molecule has 0 saturated heterocycles. The summed E-state index contributed by atoms with van der Waals surface area (Å²) in [5.74, 6) is -0.378. The molecule has 1 N–H and O–H groups in total. The van der Waals surface area contributed by atoms with Crippen LogP contribution >= 0.6 is 23.4 Å². The van der Waals surface area contributed by atoms with E-state index in [1.807, 2.05) is 30.3 Å². The van der Waals surface area contributed by atoms with Crippen LogP contribution in [-0.4, -0.2) is 16.1 Å². The van der Waals surface area contributed by atoms with Gasteiger partial charge in [-0.2, -0.15) is 0 Å². The normalized spacial score (nSPS) is 10.3. The van der Waals surface area contributed by atoms with Gasteiger partial charge in [-0.05, 0) is 36.4 Å². The van der Waals surface area contributed by atoms with Crippen LogP contribution < -0.4 is 0 Å². The van der Waals surface area contributed by atoms with Crippen molar-refractivity contribution >= 4 is 29.3 Å². The van der Waals surface area contributed by atoms with Gasteiger partial charge in [0.15, 0.2) is 0 Å². The fourth-order valence-corrected chi connectivity index (χ4v) is 2.30. The maximum atomic E-state index is 10.8. The van der Waals surface area contributed by atoms with Crippen LogP contribution in [0, 0.1) is 0 Å². The monoisotopic (exact) mass is 279 g/mol. The third-order valence-electron chi connectivity index (χ3n) is 2.23. The highest BCUT2D eigenvalue weighted by atomic mass is 35.5. The number of aromatic nitrogens is 1. The topological polar surface area (TPSA) is 50.2 Å². The Morgan fingerprint density at radius 2 is 1.94 bits per heavy atom. The number of aromatic carboxylic acids is 1. The molecule has 5 heteroatoms. The van der Waals surface area contributed by atoms with Crippen molar-refractivity contribution in [2.45, 2.75) is 10.6 Å². The number of carbonyl (C=O) groups is 1. The van der Waals surface area contributed by atoms with Crippen molar-refractivity contribution in [3.8, 4) is 0 Å². The lowest BCUT2D eigenvalue weighted by Gasteiger charge is -2.02. The molecule has 0 spiro atoms. The Morgan fingerprint density at radius 1 is 1.22 bits per heavy atom. The number of thioether (sulfide) groups is 1. The predicted molar refractivity (Wildman–Crippen MR) is 72.2 cm³/mol. The standard InChI is InChI=1S/C13H10ClNO2S/c14-9-4-6-11(7-5-9)18-8-10-2-1-3-12(15-10)13(16)17/h1-7H,8H2,(H,16,17). The van der Waals surface area contributed by atoms with E-state index in [0.717, 1.165) is 10.6 Å². The number of hydrogen-bond acceptors (Lipinski definition) is 3. The smallest absolute Gasteiger partial charge is 0.354 e. The van der Waals surface area contributed by atoms with E-state index in [1.54, 1.807) is 17.8 Å². The third kappa shape index (κ3) is 3.48. The first-order valence-electron chi connectivity index (χ1n) is 5.23. The second-order valence-corrected chi connectivity index (χ2v) is 5.05. The molecule has 0 aliphatic rings. The van der Waals surface area contributed by atoms with Gasteiger partial charge in [0, 0.05) is 15.7 Å². The molecule has 1 heterocycles. The second-order valence-electron chi connectivity index (χ2n) is 3.56. The van der Waals surface area contributed by atoms with Crippen LogP contribution in [0.4, 0.5) is 0 Å². The average molecular weight is 280 g/mol. The van der Waals surface area contributed by atoms with Crippen LogP contribution in [0.3, 0.4) is 0 Å². The molecule has 92 valence electrons. The number of nitrogens with zero attached hydrogens (tertiary/aromatic N) is 1. The van der Waals surface area contributed by atoms with Crippen molar-refractivity contribution < 1.29 is 9.90 Å². The fraction of sp³-hybridized carbons (Fsp3) is 0.0769. The second kappa shape index (κ2) is 5.89. The SMILES string of the molecule is O=C(O)c1cccc(CSc2ccc(Cl)cc2)n1. The molecule has 0 amide bonds. The largest absolute Gasteiger partial charge is 0.477 e. The molecule has 0 fully saturated rings. The number of pyridine rings is 1. The van der Waals surface area contributed by atoms with Crippen molar-refractivity contribution in [1.82, 2.24) is 4.98 Å². The molecule has 2 aromatic rings. The van der Waals surface area contributed by atoms with Crippen LogP contribution in [0.25, 0.3) is 0 Å². The summed E-state index contributed by atoms with van der Waals surface area (Å²) in [6, 6.07) is 12.5. The molecule has 2 rings (SSSR count). The van der Waals surface area contributed by atoms with E-state index in [9.17, 15) is 4.79 Å². The number of hydrogen-bond donors (Lipinski definition) is 1. The maximum absolute atomic E-state index is 10.8. The molecule has 0 radical (unpaired) electrons. The van der Waals surface area contributed by atoms with E-state index in [0.29, 0.717) is 10.8 Å². The molecule has 0 aliphatic heterocycles. The van der Waals surface area contributed by atoms with Crippen molar-refractivity contribution in [3.05, 3.63) is 58.9 Å². The van der Waals surface area contributed by atoms with Gasteiger partial charge in [-0.1, -0.05) is 17.7 Å². The van der Waals surface area contributed by atoms with Crippen LogP contribution in [0.15, 0.2) is 47.4 Å². The molecule has 1 aromatic heterocycles. The Labute approximate surface area is 114 Å². The molecule has 1 aromatic carbocycles. The summed E-state index contributed by atoms with van der Waals surface area (Å²) < 4.78 is 0. The molecule has 0 atom stereocenters. The molecule has 0 aliphatic carbocycles. The Hall–Kier alpha value is -1.52. The summed E-state index contributed by atoms with van der Waals surface area (Å²) >= 11 is 7.39. The van der Waals surface area contributed by atoms with Gasteiger partial charge in [0.2, 0.25) is 0 Å². The fourth-order valence-electron chi connectivity index (χ4n) is 1.37. The minimum Gasteiger partial charge on any atom is -0.477 e. The summed E-state index contributed by atoms with van der Waals surface area (Å²) in [7, 11) is 0. The van der Waals surface area contributed by atoms with Crippen molar-refractivity contribution in [1.29, 1.82) is 0 Å². The Balaban J connectivity index is 2.04. The number of carboxylic acids is 1. The van der Waals surface area contributed by atoms with Crippen molar-refractivity contribution in [2.75, 3.05) is 0 Å². The van der Waals surface area contributed by atoms with Crippen LogP contribution in [0.2, 0.25) is 5.02 Å². The number of carboxylic acid groups (broad SMARTS) is 1. The molecular weight excluding hydrogens is 270 g/mol.